The van der Waals surface area contributed by atoms with Crippen LogP contribution < -0.4 is 4.74 Å². The molecule has 4 nitrogen and oxygen atoms in total. The monoisotopic (exact) mass is 338 g/mol. The van der Waals surface area contributed by atoms with Gasteiger partial charge < -0.3 is 9.47 Å². The molecule has 1 aromatic rings. The molecule has 130 valence electrons. The Morgan fingerprint density at radius 3 is 1.96 bits per heavy atom. The normalized spacial score (nSPS) is 11.5. The lowest BCUT2D eigenvalue weighted by Crippen LogP contribution is -2.07. The summed E-state index contributed by atoms with van der Waals surface area (Å²) >= 11 is 0. The summed E-state index contributed by atoms with van der Waals surface area (Å²) in [7, 11) is 0. The molecule has 1 rings (SSSR count). The third-order valence-electron chi connectivity index (χ3n) is 3.13. The Bertz CT molecular complexity index is 762. The number of allylic oxidation sites excluding steroid dienone is 4. The van der Waals surface area contributed by atoms with Gasteiger partial charge in [-0.3, -0.25) is 0 Å². The topological polar surface area (TPSA) is 52.6 Å². The predicted molar refractivity (Wildman–Crippen MR) is 99.7 cm³/mol. The number of hydrogen-bond donors (Lipinski definition) is 0. The second-order valence-corrected chi connectivity index (χ2v) is 5.49. The molecule has 4 heteroatoms. The van der Waals surface area contributed by atoms with Crippen LogP contribution in [0, 0.1) is 0 Å². The lowest BCUT2D eigenvalue weighted by atomic mass is 10.1. The van der Waals surface area contributed by atoms with Crippen LogP contribution in [0.4, 0.5) is 0 Å². The molecule has 0 saturated heterocycles. The van der Waals surface area contributed by atoms with E-state index in [1.807, 2.05) is 19.1 Å². The molecule has 0 spiro atoms. The van der Waals surface area contributed by atoms with Crippen molar-refractivity contribution >= 4 is 17.5 Å². The molecule has 0 aliphatic rings. The average molecular weight is 338 g/mol. The van der Waals surface area contributed by atoms with Gasteiger partial charge in [0.25, 0.3) is 0 Å². The fourth-order valence-electron chi connectivity index (χ4n) is 1.62. The van der Waals surface area contributed by atoms with Crippen LogP contribution in [0.3, 0.4) is 0 Å². The Kier molecular flexibility index (Phi) is 7.35. The number of rotatable bonds is 7. The van der Waals surface area contributed by atoms with E-state index in [0.29, 0.717) is 22.7 Å². The van der Waals surface area contributed by atoms with E-state index < -0.39 is 11.9 Å². The van der Waals surface area contributed by atoms with E-state index in [-0.39, 0.29) is 0 Å². The second-order valence-electron chi connectivity index (χ2n) is 5.49. The minimum atomic E-state index is -0.499. The number of carbonyl (C=O) groups excluding carboxylic acids is 2. The first-order chi connectivity index (χ1) is 11.7. The molecule has 0 unspecified atom stereocenters. The van der Waals surface area contributed by atoms with E-state index in [2.05, 4.69) is 19.7 Å². The van der Waals surface area contributed by atoms with Crippen LogP contribution in [-0.2, 0) is 14.3 Å². The summed E-state index contributed by atoms with van der Waals surface area (Å²) in [6.07, 6.45) is 4.90. The van der Waals surface area contributed by atoms with Crippen LogP contribution in [-0.4, -0.2) is 11.9 Å². The van der Waals surface area contributed by atoms with Crippen LogP contribution >= 0.6 is 0 Å². The standard InChI is InChI=1S/C21H22O4/c1-7-18(24-20(22)14(2)3)11-8-16(6)17-9-12-19(13-10-17)25-21(23)15(4)5/h7-13H,1-2,4H2,3,5-6H3/b16-8+,18-11+. The first-order valence-corrected chi connectivity index (χ1v) is 7.61. The van der Waals surface area contributed by atoms with Gasteiger partial charge in [0.05, 0.1) is 0 Å². The highest BCUT2D eigenvalue weighted by Crippen LogP contribution is 2.19. The van der Waals surface area contributed by atoms with Crippen LogP contribution in [0.15, 0.2) is 79.1 Å². The van der Waals surface area contributed by atoms with Gasteiger partial charge in [-0.2, -0.15) is 0 Å². The number of hydrogen-bond acceptors (Lipinski definition) is 4. The Hall–Kier alpha value is -3.14. The smallest absolute Gasteiger partial charge is 0.338 e. The van der Waals surface area contributed by atoms with Crippen molar-refractivity contribution < 1.29 is 19.1 Å². The van der Waals surface area contributed by atoms with E-state index in [1.165, 1.54) is 6.08 Å². The van der Waals surface area contributed by atoms with E-state index in [9.17, 15) is 9.59 Å². The summed E-state index contributed by atoms with van der Waals surface area (Å²) < 4.78 is 10.3. The van der Waals surface area contributed by atoms with Gasteiger partial charge in [0.15, 0.2) is 0 Å². The Morgan fingerprint density at radius 1 is 0.920 bits per heavy atom. The lowest BCUT2D eigenvalue weighted by Gasteiger charge is -2.06. The van der Waals surface area contributed by atoms with Gasteiger partial charge in [-0.05, 0) is 56.2 Å². The van der Waals surface area contributed by atoms with Crippen molar-refractivity contribution in [3.63, 3.8) is 0 Å². The summed E-state index contributed by atoms with van der Waals surface area (Å²) in [6, 6.07) is 7.06. The fraction of sp³-hybridized carbons (Fsp3) is 0.143. The lowest BCUT2D eigenvalue weighted by molar-refractivity contribution is -0.134. The van der Waals surface area contributed by atoms with Crippen LogP contribution in [0.1, 0.15) is 26.3 Å². The molecular weight excluding hydrogens is 316 g/mol. The number of esters is 2. The molecule has 0 N–H and O–H groups in total. The SMILES string of the molecule is C=C/C(=C\C=C(/C)c1ccc(OC(=O)C(=C)C)cc1)OC(=O)C(=C)C. The summed E-state index contributed by atoms with van der Waals surface area (Å²) in [6.45, 7) is 15.8. The quantitative estimate of drug-likeness (QED) is 0.236. The maximum atomic E-state index is 11.5. The zero-order chi connectivity index (χ0) is 19.0. The van der Waals surface area contributed by atoms with Gasteiger partial charge in [0.1, 0.15) is 11.5 Å². The first kappa shape index (κ1) is 19.9. The molecule has 1 aromatic carbocycles. The highest BCUT2D eigenvalue weighted by atomic mass is 16.5. The van der Waals surface area contributed by atoms with Crippen molar-refractivity contribution in [3.05, 3.63) is 84.7 Å². The van der Waals surface area contributed by atoms with E-state index in [1.54, 1.807) is 38.1 Å². The van der Waals surface area contributed by atoms with Crippen LogP contribution in [0.5, 0.6) is 5.75 Å². The van der Waals surface area contributed by atoms with Gasteiger partial charge in [-0.25, -0.2) is 9.59 Å². The van der Waals surface area contributed by atoms with E-state index >= 15 is 0 Å². The van der Waals surface area contributed by atoms with E-state index in [4.69, 9.17) is 9.47 Å². The highest BCUT2D eigenvalue weighted by molar-refractivity contribution is 5.89. The first-order valence-electron chi connectivity index (χ1n) is 7.61. The van der Waals surface area contributed by atoms with Gasteiger partial charge in [-0.1, -0.05) is 37.9 Å². The fourth-order valence-corrected chi connectivity index (χ4v) is 1.62. The van der Waals surface area contributed by atoms with Gasteiger partial charge in [0.2, 0.25) is 0 Å². The molecule has 0 bridgehead atoms. The summed E-state index contributed by atoms with van der Waals surface area (Å²) in [5.74, 6) is -0.180. The molecule has 0 saturated carbocycles. The Labute approximate surface area is 148 Å². The van der Waals surface area contributed by atoms with Crippen molar-refractivity contribution in [2.45, 2.75) is 20.8 Å². The van der Waals surface area contributed by atoms with Gasteiger partial charge in [0, 0.05) is 11.1 Å². The zero-order valence-corrected chi connectivity index (χ0v) is 14.8. The number of carbonyl (C=O) groups is 2. The minimum Gasteiger partial charge on any atom is -0.423 e. The average Bonchev–Trinajstić information content (AvgIpc) is 2.58. The zero-order valence-electron chi connectivity index (χ0n) is 14.8. The summed E-state index contributed by atoms with van der Waals surface area (Å²) in [5, 5.41) is 0. The molecule has 25 heavy (non-hydrogen) atoms. The van der Waals surface area contributed by atoms with Crippen LogP contribution in [0.2, 0.25) is 0 Å². The largest absolute Gasteiger partial charge is 0.423 e. The predicted octanol–water partition coefficient (Wildman–Crippen LogP) is 4.76. The van der Waals surface area contributed by atoms with Crippen molar-refractivity contribution in [2.75, 3.05) is 0 Å². The third-order valence-corrected chi connectivity index (χ3v) is 3.13. The van der Waals surface area contributed by atoms with Crippen LogP contribution in [0.25, 0.3) is 5.57 Å². The van der Waals surface area contributed by atoms with Crippen molar-refractivity contribution in [2.24, 2.45) is 0 Å². The third kappa shape index (κ3) is 6.47. The number of benzene rings is 1. The maximum absolute atomic E-state index is 11.5. The summed E-state index contributed by atoms with van der Waals surface area (Å²) in [4.78, 5) is 23.0. The molecular formula is C21H22O4. The Morgan fingerprint density at radius 2 is 1.48 bits per heavy atom. The van der Waals surface area contributed by atoms with Crippen molar-refractivity contribution in [1.29, 1.82) is 0 Å². The van der Waals surface area contributed by atoms with Gasteiger partial charge >= 0.3 is 11.9 Å². The molecule has 0 aliphatic heterocycles. The highest BCUT2D eigenvalue weighted by Gasteiger charge is 2.06. The van der Waals surface area contributed by atoms with E-state index in [0.717, 1.165) is 11.1 Å². The summed E-state index contributed by atoms with van der Waals surface area (Å²) in [5.41, 5.74) is 2.52. The molecule has 0 aromatic heterocycles. The molecule has 0 aliphatic carbocycles. The maximum Gasteiger partial charge on any atom is 0.338 e. The molecule has 0 heterocycles. The van der Waals surface area contributed by atoms with Crippen molar-refractivity contribution in [1.82, 2.24) is 0 Å². The molecule has 0 amide bonds. The molecule has 0 atom stereocenters. The Balaban J connectivity index is 2.87. The van der Waals surface area contributed by atoms with Gasteiger partial charge in [-0.15, -0.1) is 0 Å². The minimum absolute atomic E-state index is 0.313. The second kappa shape index (κ2) is 9.23. The van der Waals surface area contributed by atoms with Crippen molar-refractivity contribution in [3.8, 4) is 5.75 Å². The molecule has 0 fully saturated rings. The molecule has 0 radical (unpaired) electrons. The number of ether oxygens (including phenoxy) is 2.